The van der Waals surface area contributed by atoms with Crippen molar-refractivity contribution in [2.45, 2.75) is 187 Å². The number of carbonyl (C=O) groups excluding carboxylic acids is 1. The van der Waals surface area contributed by atoms with E-state index in [0.717, 1.165) is 0 Å². The van der Waals surface area contributed by atoms with Crippen molar-refractivity contribution in [1.82, 2.24) is 0 Å². The Morgan fingerprint density at radius 1 is 0.475 bits per heavy atom. The van der Waals surface area contributed by atoms with E-state index in [4.69, 9.17) is 14.2 Å². The van der Waals surface area contributed by atoms with E-state index < -0.39 is 0 Å². The van der Waals surface area contributed by atoms with Crippen molar-refractivity contribution in [1.29, 1.82) is 0 Å². The summed E-state index contributed by atoms with van der Waals surface area (Å²) in [6.45, 7) is 6.51. The maximum absolute atomic E-state index is 12.5. The second-order valence-corrected chi connectivity index (χ2v) is 12.3. The Morgan fingerprint density at radius 2 is 0.825 bits per heavy atom. The minimum Gasteiger partial charge on any atom is -0.463 e. The molecule has 0 aromatic carbocycles. The Morgan fingerprint density at radius 3 is 1.20 bits per heavy atom. The van der Waals surface area contributed by atoms with Crippen LogP contribution in [0.3, 0.4) is 0 Å². The van der Waals surface area contributed by atoms with E-state index in [0.29, 0.717) is 38.8 Å². The average Bonchev–Trinajstić information content (AvgIpc) is 2.95. The first-order chi connectivity index (χ1) is 19.7. The van der Waals surface area contributed by atoms with Gasteiger partial charge in [-0.2, -0.15) is 0 Å². The highest BCUT2D eigenvalue weighted by atomic mass is 16.6. The molecule has 0 aliphatic heterocycles. The Hall–Kier alpha value is -0.610. The summed E-state index contributed by atoms with van der Waals surface area (Å²) in [4.78, 5) is 12.5. The third-order valence-electron chi connectivity index (χ3n) is 8.31. The number of methoxy groups -OCH3 is 1. The van der Waals surface area contributed by atoms with E-state index in [9.17, 15) is 4.79 Å². The fourth-order valence-electron chi connectivity index (χ4n) is 5.65. The van der Waals surface area contributed by atoms with Crippen molar-refractivity contribution in [3.8, 4) is 0 Å². The van der Waals surface area contributed by atoms with Crippen LogP contribution in [0.5, 0.6) is 0 Å². The lowest BCUT2D eigenvalue weighted by atomic mass is 9.91. The molecule has 0 saturated carbocycles. The van der Waals surface area contributed by atoms with Gasteiger partial charge in [0.2, 0.25) is 0 Å². The number of esters is 1. The molecule has 4 heteroatoms. The van der Waals surface area contributed by atoms with Gasteiger partial charge in [-0.05, 0) is 18.8 Å². The zero-order chi connectivity index (χ0) is 29.2. The molecule has 0 unspecified atom stereocenters. The van der Waals surface area contributed by atoms with Crippen LogP contribution in [0.25, 0.3) is 0 Å². The third kappa shape index (κ3) is 31.9. The number of hydrogen-bond donors (Lipinski definition) is 0. The number of carbonyl (C=O) groups is 1. The van der Waals surface area contributed by atoms with Gasteiger partial charge in [0.15, 0.2) is 0 Å². The second-order valence-electron chi connectivity index (χ2n) is 12.3. The molecule has 0 spiro atoms. The molecule has 0 N–H and O–H groups in total. The van der Waals surface area contributed by atoms with Crippen LogP contribution in [0, 0.1) is 5.92 Å². The molecule has 0 aromatic heterocycles. The monoisotopic (exact) mass is 569 g/mol. The Balaban J connectivity index is 4.00. The molecule has 4 nitrogen and oxygen atoms in total. The molecule has 0 amide bonds. The molecule has 0 radical (unpaired) electrons. The zero-order valence-electron chi connectivity index (χ0n) is 27.6. The molecule has 0 aliphatic rings. The maximum Gasteiger partial charge on any atom is 0.306 e. The van der Waals surface area contributed by atoms with Crippen molar-refractivity contribution in [3.05, 3.63) is 0 Å². The topological polar surface area (TPSA) is 44.8 Å². The first kappa shape index (κ1) is 39.4. The predicted octanol–water partition coefficient (Wildman–Crippen LogP) is 11.4. The summed E-state index contributed by atoms with van der Waals surface area (Å²) in [6.07, 6.45) is 36.0. The molecule has 0 fully saturated rings. The lowest BCUT2D eigenvalue weighted by Gasteiger charge is -2.16. The summed E-state index contributed by atoms with van der Waals surface area (Å²) in [7, 11) is 1.66. The predicted molar refractivity (Wildman–Crippen MR) is 173 cm³/mol. The summed E-state index contributed by atoms with van der Waals surface area (Å²) in [5.41, 5.74) is 0. The fourth-order valence-corrected chi connectivity index (χ4v) is 5.65. The van der Waals surface area contributed by atoms with E-state index >= 15 is 0 Å². The van der Waals surface area contributed by atoms with Crippen molar-refractivity contribution in [2.75, 3.05) is 33.5 Å². The standard InChI is InChI=1S/C36H72O4/c1-4-6-8-10-12-14-16-18-20-22-24-26-28-35(34-36(37)40-33-32-39-31-30-38-3)29-27-25-23-21-19-17-15-13-11-9-7-5-2/h35H,4-34H2,1-3H3. The van der Waals surface area contributed by atoms with Gasteiger partial charge in [0.25, 0.3) is 0 Å². The van der Waals surface area contributed by atoms with Crippen LogP contribution in [0.2, 0.25) is 0 Å². The second kappa shape index (κ2) is 34.6. The highest BCUT2D eigenvalue weighted by molar-refractivity contribution is 5.69. The lowest BCUT2D eigenvalue weighted by molar-refractivity contribution is -0.146. The van der Waals surface area contributed by atoms with Crippen LogP contribution in [-0.2, 0) is 19.0 Å². The number of rotatable bonds is 34. The summed E-state index contributed by atoms with van der Waals surface area (Å²) in [5, 5.41) is 0. The molecule has 0 atom stereocenters. The fraction of sp³-hybridized carbons (Fsp3) is 0.972. The molecule has 0 aromatic rings. The Labute approximate surface area is 251 Å². The van der Waals surface area contributed by atoms with Gasteiger partial charge >= 0.3 is 5.97 Å². The van der Waals surface area contributed by atoms with E-state index in [1.54, 1.807) is 7.11 Å². The highest BCUT2D eigenvalue weighted by Crippen LogP contribution is 2.23. The molecule has 0 heterocycles. The molecule has 0 rings (SSSR count). The van der Waals surface area contributed by atoms with Gasteiger partial charge in [0.1, 0.15) is 6.61 Å². The highest BCUT2D eigenvalue weighted by Gasteiger charge is 2.15. The molecule has 0 bridgehead atoms. The smallest absolute Gasteiger partial charge is 0.306 e. The maximum atomic E-state index is 12.5. The summed E-state index contributed by atoms with van der Waals surface area (Å²) in [5.74, 6) is 0.436. The number of ether oxygens (including phenoxy) is 3. The largest absolute Gasteiger partial charge is 0.463 e. The third-order valence-corrected chi connectivity index (χ3v) is 8.31. The van der Waals surface area contributed by atoms with Crippen molar-refractivity contribution >= 4 is 5.97 Å². The Bertz CT molecular complexity index is 453. The number of unbranched alkanes of at least 4 members (excludes halogenated alkanes) is 22. The van der Waals surface area contributed by atoms with Gasteiger partial charge < -0.3 is 14.2 Å². The van der Waals surface area contributed by atoms with Crippen LogP contribution in [-0.4, -0.2) is 39.5 Å². The average molecular weight is 569 g/mol. The van der Waals surface area contributed by atoms with Crippen LogP contribution < -0.4 is 0 Å². The van der Waals surface area contributed by atoms with Gasteiger partial charge in [-0.15, -0.1) is 0 Å². The molecule has 0 aliphatic carbocycles. The molecular weight excluding hydrogens is 496 g/mol. The van der Waals surface area contributed by atoms with Gasteiger partial charge in [-0.3, -0.25) is 4.79 Å². The SMILES string of the molecule is CCCCCCCCCCCCCCC(CCCCCCCCCCCCCC)CC(=O)OCCOCCOC. The van der Waals surface area contributed by atoms with E-state index in [1.807, 2.05) is 0 Å². The summed E-state index contributed by atoms with van der Waals surface area (Å²) in [6, 6.07) is 0. The lowest BCUT2D eigenvalue weighted by Crippen LogP contribution is -2.16. The first-order valence-electron chi connectivity index (χ1n) is 18.0. The van der Waals surface area contributed by atoms with Crippen molar-refractivity contribution < 1.29 is 19.0 Å². The van der Waals surface area contributed by atoms with Crippen LogP contribution in [0.4, 0.5) is 0 Å². The minimum absolute atomic E-state index is 0.0433. The van der Waals surface area contributed by atoms with Crippen LogP contribution in [0.15, 0.2) is 0 Å². The molecular formula is C36H72O4. The van der Waals surface area contributed by atoms with Crippen LogP contribution in [0.1, 0.15) is 187 Å². The van der Waals surface area contributed by atoms with Gasteiger partial charge in [0, 0.05) is 13.5 Å². The van der Waals surface area contributed by atoms with E-state index in [1.165, 1.54) is 167 Å². The minimum atomic E-state index is -0.0433. The van der Waals surface area contributed by atoms with Gasteiger partial charge in [-0.1, -0.05) is 168 Å². The molecule has 240 valence electrons. The molecule has 0 saturated heterocycles. The summed E-state index contributed by atoms with van der Waals surface area (Å²) >= 11 is 0. The molecule has 40 heavy (non-hydrogen) atoms. The first-order valence-corrected chi connectivity index (χ1v) is 18.0. The van der Waals surface area contributed by atoms with Gasteiger partial charge in [0.05, 0.1) is 19.8 Å². The van der Waals surface area contributed by atoms with E-state index in [-0.39, 0.29) is 5.97 Å². The van der Waals surface area contributed by atoms with Crippen LogP contribution >= 0.6 is 0 Å². The van der Waals surface area contributed by atoms with Crippen molar-refractivity contribution in [3.63, 3.8) is 0 Å². The van der Waals surface area contributed by atoms with E-state index in [2.05, 4.69) is 13.8 Å². The normalized spacial score (nSPS) is 11.5. The van der Waals surface area contributed by atoms with Crippen molar-refractivity contribution in [2.24, 2.45) is 5.92 Å². The van der Waals surface area contributed by atoms with Gasteiger partial charge in [-0.25, -0.2) is 0 Å². The Kier molecular flexibility index (Phi) is 34.1. The quantitative estimate of drug-likeness (QED) is 0.0572. The summed E-state index contributed by atoms with van der Waals surface area (Å²) < 4.78 is 15.9. The number of hydrogen-bond acceptors (Lipinski definition) is 4. The zero-order valence-corrected chi connectivity index (χ0v) is 27.6.